The summed E-state index contributed by atoms with van der Waals surface area (Å²) in [5, 5.41) is 6.60. The van der Waals surface area contributed by atoms with Crippen molar-refractivity contribution in [2.45, 2.75) is 46.1 Å². The van der Waals surface area contributed by atoms with Crippen LogP contribution in [0.5, 0.6) is 0 Å². The number of Topliss-reactive ketones (excluding diaryl/α,β-unsaturated/α-hetero) is 1. The van der Waals surface area contributed by atoms with Crippen molar-refractivity contribution in [2.75, 3.05) is 0 Å². The molecular formula is C11H17N3O2S. The summed E-state index contributed by atoms with van der Waals surface area (Å²) < 4.78 is 3.78. The summed E-state index contributed by atoms with van der Waals surface area (Å²) in [6.45, 7) is 5.49. The van der Waals surface area contributed by atoms with Gasteiger partial charge in [0.05, 0.1) is 11.7 Å². The van der Waals surface area contributed by atoms with Crippen LogP contribution in [0.15, 0.2) is 0 Å². The van der Waals surface area contributed by atoms with E-state index >= 15 is 0 Å². The van der Waals surface area contributed by atoms with Gasteiger partial charge in [-0.25, -0.2) is 0 Å². The second-order valence-electron chi connectivity index (χ2n) is 3.81. The normalized spacial score (nSPS) is 12.2. The van der Waals surface area contributed by atoms with Gasteiger partial charge in [0.15, 0.2) is 5.78 Å². The number of ketones is 1. The zero-order valence-electron chi connectivity index (χ0n) is 10.3. The van der Waals surface area contributed by atoms with E-state index < -0.39 is 6.04 Å². The van der Waals surface area contributed by atoms with Gasteiger partial charge in [-0.05, 0) is 24.9 Å². The van der Waals surface area contributed by atoms with Crippen LogP contribution in [-0.4, -0.2) is 27.3 Å². The van der Waals surface area contributed by atoms with Crippen molar-refractivity contribution in [3.05, 3.63) is 10.6 Å². The van der Waals surface area contributed by atoms with Crippen molar-refractivity contribution in [3.63, 3.8) is 0 Å². The predicted octanol–water partition coefficient (Wildman–Crippen LogP) is 1.59. The number of nitrogens with one attached hydrogen (secondary N) is 1. The summed E-state index contributed by atoms with van der Waals surface area (Å²) in [7, 11) is 0. The summed E-state index contributed by atoms with van der Waals surface area (Å²) >= 11 is 1.07. The molecule has 0 aliphatic heterocycles. The van der Waals surface area contributed by atoms with E-state index in [0.717, 1.165) is 24.4 Å². The molecule has 0 aliphatic rings. The first-order chi connectivity index (χ1) is 8.10. The third-order valence-electron chi connectivity index (χ3n) is 2.43. The first-order valence-corrected chi connectivity index (χ1v) is 6.52. The standard InChI is InChI=1S/C11H17N3O2S/c1-4-6-8-10(17-14-13-8)11(16)12-7(3)9(15)5-2/h7H,4-6H2,1-3H3,(H,12,16). The van der Waals surface area contributed by atoms with Gasteiger partial charge in [0.25, 0.3) is 5.91 Å². The molecule has 0 spiro atoms. The van der Waals surface area contributed by atoms with Gasteiger partial charge in [-0.2, -0.15) is 0 Å². The quantitative estimate of drug-likeness (QED) is 0.837. The molecule has 1 unspecified atom stereocenters. The topological polar surface area (TPSA) is 72.0 Å². The molecule has 1 heterocycles. The van der Waals surface area contributed by atoms with Gasteiger partial charge in [0, 0.05) is 6.42 Å². The lowest BCUT2D eigenvalue weighted by atomic mass is 10.1. The number of hydrogen-bond acceptors (Lipinski definition) is 5. The summed E-state index contributed by atoms with van der Waals surface area (Å²) in [6.07, 6.45) is 2.06. The molecular weight excluding hydrogens is 238 g/mol. The molecule has 1 amide bonds. The minimum Gasteiger partial charge on any atom is -0.342 e. The first-order valence-electron chi connectivity index (χ1n) is 5.74. The third kappa shape index (κ3) is 3.59. The van der Waals surface area contributed by atoms with Crippen molar-refractivity contribution in [1.82, 2.24) is 14.9 Å². The number of rotatable bonds is 6. The Morgan fingerprint density at radius 3 is 2.71 bits per heavy atom. The van der Waals surface area contributed by atoms with E-state index in [0.29, 0.717) is 17.0 Å². The van der Waals surface area contributed by atoms with Crippen LogP contribution in [0, 0.1) is 0 Å². The highest BCUT2D eigenvalue weighted by molar-refractivity contribution is 7.08. The van der Waals surface area contributed by atoms with Crippen LogP contribution in [0.3, 0.4) is 0 Å². The van der Waals surface area contributed by atoms with Crippen LogP contribution in [0.25, 0.3) is 0 Å². The SMILES string of the molecule is CCCc1nnsc1C(=O)NC(C)C(=O)CC. The second-order valence-corrected chi connectivity index (χ2v) is 4.57. The van der Waals surface area contributed by atoms with E-state index in [1.165, 1.54) is 0 Å². The van der Waals surface area contributed by atoms with Gasteiger partial charge in [-0.15, -0.1) is 5.10 Å². The van der Waals surface area contributed by atoms with Gasteiger partial charge in [-0.1, -0.05) is 24.8 Å². The molecule has 0 saturated carbocycles. The molecule has 94 valence electrons. The van der Waals surface area contributed by atoms with Crippen LogP contribution >= 0.6 is 11.5 Å². The van der Waals surface area contributed by atoms with Crippen LogP contribution < -0.4 is 5.32 Å². The monoisotopic (exact) mass is 255 g/mol. The largest absolute Gasteiger partial charge is 0.342 e. The van der Waals surface area contributed by atoms with Gasteiger partial charge < -0.3 is 5.32 Å². The van der Waals surface area contributed by atoms with Gasteiger partial charge in [-0.3, -0.25) is 9.59 Å². The molecule has 6 heteroatoms. The predicted molar refractivity (Wildman–Crippen MR) is 66.1 cm³/mol. The Labute approximate surface area is 105 Å². The van der Waals surface area contributed by atoms with Gasteiger partial charge in [0.2, 0.25) is 0 Å². The lowest BCUT2D eigenvalue weighted by Gasteiger charge is -2.10. The van der Waals surface area contributed by atoms with Crippen LogP contribution in [0.1, 0.15) is 49.0 Å². The lowest BCUT2D eigenvalue weighted by molar-refractivity contribution is -0.120. The third-order valence-corrected chi connectivity index (χ3v) is 3.19. The Morgan fingerprint density at radius 2 is 2.12 bits per heavy atom. The maximum absolute atomic E-state index is 11.9. The molecule has 1 N–H and O–H groups in total. The number of aromatic nitrogens is 2. The van der Waals surface area contributed by atoms with Crippen molar-refractivity contribution < 1.29 is 9.59 Å². The van der Waals surface area contributed by atoms with Crippen LogP contribution in [0.2, 0.25) is 0 Å². The maximum atomic E-state index is 11.9. The van der Waals surface area contributed by atoms with Gasteiger partial charge in [0.1, 0.15) is 4.88 Å². The smallest absolute Gasteiger partial charge is 0.265 e. The van der Waals surface area contributed by atoms with E-state index in [2.05, 4.69) is 14.9 Å². The minimum absolute atomic E-state index is 0.0212. The highest BCUT2D eigenvalue weighted by atomic mass is 32.1. The number of amides is 1. The molecule has 1 aromatic rings. The highest BCUT2D eigenvalue weighted by Gasteiger charge is 2.19. The summed E-state index contributed by atoms with van der Waals surface area (Å²) in [6, 6.07) is -0.455. The average molecular weight is 255 g/mol. The molecule has 1 rings (SSSR count). The highest BCUT2D eigenvalue weighted by Crippen LogP contribution is 2.12. The molecule has 0 aromatic carbocycles. The van der Waals surface area contributed by atoms with Crippen LogP contribution in [-0.2, 0) is 11.2 Å². The van der Waals surface area contributed by atoms with Crippen LogP contribution in [0.4, 0.5) is 0 Å². The van der Waals surface area contributed by atoms with Crippen molar-refractivity contribution in [2.24, 2.45) is 0 Å². The number of aryl methyl sites for hydroxylation is 1. The molecule has 1 aromatic heterocycles. The zero-order valence-corrected chi connectivity index (χ0v) is 11.1. The zero-order chi connectivity index (χ0) is 12.8. The molecule has 0 saturated heterocycles. The van der Waals surface area contributed by atoms with E-state index in [4.69, 9.17) is 0 Å². The lowest BCUT2D eigenvalue weighted by Crippen LogP contribution is -2.38. The Bertz CT molecular complexity index is 403. The maximum Gasteiger partial charge on any atom is 0.265 e. The second kappa shape index (κ2) is 6.44. The van der Waals surface area contributed by atoms with Crippen molar-refractivity contribution in [1.29, 1.82) is 0 Å². The minimum atomic E-state index is -0.455. The first kappa shape index (κ1) is 13.8. The van der Waals surface area contributed by atoms with E-state index in [1.54, 1.807) is 13.8 Å². The molecule has 0 fully saturated rings. The van der Waals surface area contributed by atoms with Gasteiger partial charge >= 0.3 is 0 Å². The number of carbonyl (C=O) groups is 2. The number of nitrogens with zero attached hydrogens (tertiary/aromatic N) is 2. The Kier molecular flexibility index (Phi) is 5.21. The summed E-state index contributed by atoms with van der Waals surface area (Å²) in [4.78, 5) is 23.8. The molecule has 17 heavy (non-hydrogen) atoms. The van der Waals surface area contributed by atoms with E-state index in [-0.39, 0.29) is 11.7 Å². The Morgan fingerprint density at radius 1 is 1.41 bits per heavy atom. The van der Waals surface area contributed by atoms with Crippen molar-refractivity contribution >= 4 is 23.2 Å². The van der Waals surface area contributed by atoms with E-state index in [1.807, 2.05) is 6.92 Å². The fourth-order valence-electron chi connectivity index (χ4n) is 1.43. The average Bonchev–Trinajstić information content (AvgIpc) is 2.76. The number of carbonyl (C=O) groups excluding carboxylic acids is 2. The number of hydrogen-bond donors (Lipinski definition) is 1. The Hall–Kier alpha value is -1.30. The fraction of sp³-hybridized carbons (Fsp3) is 0.636. The Balaban J connectivity index is 2.69. The summed E-state index contributed by atoms with van der Waals surface area (Å²) in [5.41, 5.74) is 0.714. The molecule has 5 nitrogen and oxygen atoms in total. The fourth-order valence-corrected chi connectivity index (χ4v) is 2.04. The molecule has 0 bridgehead atoms. The van der Waals surface area contributed by atoms with E-state index in [9.17, 15) is 9.59 Å². The molecule has 0 aliphatic carbocycles. The molecule has 1 atom stereocenters. The summed E-state index contributed by atoms with van der Waals surface area (Å²) in [5.74, 6) is -0.231. The molecule has 0 radical (unpaired) electrons. The van der Waals surface area contributed by atoms with Crippen molar-refractivity contribution in [3.8, 4) is 0 Å².